The van der Waals surface area contributed by atoms with E-state index in [2.05, 4.69) is 16.0 Å². The number of nitrogens with two attached hydrogens (primary N) is 1. The summed E-state index contributed by atoms with van der Waals surface area (Å²) in [4.78, 5) is 18.0. The van der Waals surface area contributed by atoms with Crippen molar-refractivity contribution in [3.8, 4) is 0 Å². The summed E-state index contributed by atoms with van der Waals surface area (Å²) in [6.45, 7) is 2.46. The van der Waals surface area contributed by atoms with Crippen LogP contribution in [-0.4, -0.2) is 33.4 Å². The summed E-state index contributed by atoms with van der Waals surface area (Å²) in [6, 6.07) is 7.75. The van der Waals surface area contributed by atoms with Crippen molar-refractivity contribution in [3.63, 3.8) is 0 Å². The molecule has 2 heterocycles. The Labute approximate surface area is 118 Å². The molecule has 20 heavy (non-hydrogen) atoms. The molecule has 2 N–H and O–H groups in total. The van der Waals surface area contributed by atoms with Gasteiger partial charge in [0.2, 0.25) is 5.91 Å². The van der Waals surface area contributed by atoms with Gasteiger partial charge in [0.1, 0.15) is 6.04 Å². The zero-order chi connectivity index (χ0) is 13.9. The van der Waals surface area contributed by atoms with E-state index in [1.54, 1.807) is 12.5 Å². The van der Waals surface area contributed by atoms with Crippen LogP contribution in [0.5, 0.6) is 0 Å². The lowest BCUT2D eigenvalue weighted by molar-refractivity contribution is -0.123. The van der Waals surface area contributed by atoms with Crippen molar-refractivity contribution in [2.24, 2.45) is 5.73 Å². The average Bonchev–Trinajstić information content (AvgIpc) is 2.97. The number of carbonyl (C=O) groups excluding carboxylic acids is 1. The average molecular weight is 270 g/mol. The first-order chi connectivity index (χ1) is 9.75. The van der Waals surface area contributed by atoms with Crippen LogP contribution in [0.2, 0.25) is 0 Å². The SMILES string of the molecule is NC(=O)C1c2ccccc2CCN1CCn1ccnc1. The van der Waals surface area contributed by atoms with Crippen LogP contribution in [0.15, 0.2) is 43.0 Å². The number of amides is 1. The molecule has 0 aliphatic carbocycles. The summed E-state index contributed by atoms with van der Waals surface area (Å²) in [5, 5.41) is 0. The molecule has 5 nitrogen and oxygen atoms in total. The minimum atomic E-state index is -0.316. The quantitative estimate of drug-likeness (QED) is 0.900. The zero-order valence-corrected chi connectivity index (χ0v) is 11.3. The fraction of sp³-hybridized carbons (Fsp3) is 0.333. The fourth-order valence-electron chi connectivity index (χ4n) is 2.86. The number of rotatable bonds is 4. The molecule has 0 saturated heterocycles. The van der Waals surface area contributed by atoms with Crippen LogP contribution in [0, 0.1) is 0 Å². The number of hydrogen-bond donors (Lipinski definition) is 1. The highest BCUT2D eigenvalue weighted by atomic mass is 16.1. The number of imidazole rings is 1. The second kappa shape index (κ2) is 5.46. The summed E-state index contributed by atoms with van der Waals surface area (Å²) in [6.07, 6.45) is 6.44. The summed E-state index contributed by atoms with van der Waals surface area (Å²) >= 11 is 0. The van der Waals surface area contributed by atoms with Gasteiger partial charge >= 0.3 is 0 Å². The van der Waals surface area contributed by atoms with Crippen LogP contribution in [0.3, 0.4) is 0 Å². The molecule has 0 saturated carbocycles. The van der Waals surface area contributed by atoms with Gasteiger partial charge in [0, 0.05) is 32.0 Å². The van der Waals surface area contributed by atoms with E-state index in [-0.39, 0.29) is 11.9 Å². The molecule has 5 heteroatoms. The first-order valence-corrected chi connectivity index (χ1v) is 6.82. The number of fused-ring (bicyclic) bond motifs is 1. The maximum atomic E-state index is 11.9. The Hall–Kier alpha value is -2.14. The highest BCUT2D eigenvalue weighted by molar-refractivity contribution is 5.82. The summed E-state index contributed by atoms with van der Waals surface area (Å²) in [5.41, 5.74) is 7.91. The van der Waals surface area contributed by atoms with Gasteiger partial charge in [-0.15, -0.1) is 0 Å². The maximum absolute atomic E-state index is 11.9. The maximum Gasteiger partial charge on any atom is 0.239 e. The Morgan fingerprint density at radius 2 is 2.20 bits per heavy atom. The predicted octanol–water partition coefficient (Wildman–Crippen LogP) is 0.968. The minimum absolute atomic E-state index is 0.275. The Morgan fingerprint density at radius 3 is 2.95 bits per heavy atom. The Bertz CT molecular complexity index is 594. The van der Waals surface area contributed by atoms with Gasteiger partial charge in [0.25, 0.3) is 0 Å². The van der Waals surface area contributed by atoms with E-state index in [9.17, 15) is 4.79 Å². The smallest absolute Gasteiger partial charge is 0.239 e. The number of nitrogens with zero attached hydrogens (tertiary/aromatic N) is 3. The topological polar surface area (TPSA) is 64.2 Å². The van der Waals surface area contributed by atoms with Gasteiger partial charge in [-0.1, -0.05) is 24.3 Å². The van der Waals surface area contributed by atoms with Crippen LogP contribution in [0.1, 0.15) is 17.2 Å². The number of benzene rings is 1. The Balaban J connectivity index is 1.79. The summed E-state index contributed by atoms with van der Waals surface area (Å²) in [7, 11) is 0. The molecule has 0 spiro atoms. The normalized spacial score (nSPS) is 18.7. The molecular formula is C15H18N4O. The number of primary amides is 1. The van der Waals surface area contributed by atoms with E-state index in [1.165, 1.54) is 5.56 Å². The summed E-state index contributed by atoms with van der Waals surface area (Å²) < 4.78 is 2.01. The van der Waals surface area contributed by atoms with Crippen LogP contribution in [-0.2, 0) is 17.8 Å². The molecule has 0 fully saturated rings. The molecule has 1 aromatic carbocycles. The van der Waals surface area contributed by atoms with E-state index in [4.69, 9.17) is 5.73 Å². The van der Waals surface area contributed by atoms with Crippen LogP contribution in [0.4, 0.5) is 0 Å². The molecule has 1 aliphatic heterocycles. The lowest BCUT2D eigenvalue weighted by Gasteiger charge is -2.35. The van der Waals surface area contributed by atoms with E-state index in [0.717, 1.165) is 31.6 Å². The van der Waals surface area contributed by atoms with Crippen LogP contribution < -0.4 is 5.73 Å². The molecule has 1 atom stereocenters. The lowest BCUT2D eigenvalue weighted by atomic mass is 9.92. The second-order valence-corrected chi connectivity index (χ2v) is 5.09. The third-order valence-corrected chi connectivity index (χ3v) is 3.86. The van der Waals surface area contributed by atoms with Crippen molar-refractivity contribution < 1.29 is 4.79 Å². The van der Waals surface area contributed by atoms with E-state index >= 15 is 0 Å². The van der Waals surface area contributed by atoms with Crippen molar-refractivity contribution in [2.75, 3.05) is 13.1 Å². The fourth-order valence-corrected chi connectivity index (χ4v) is 2.86. The monoisotopic (exact) mass is 270 g/mol. The first-order valence-electron chi connectivity index (χ1n) is 6.82. The lowest BCUT2D eigenvalue weighted by Crippen LogP contribution is -2.43. The van der Waals surface area contributed by atoms with Crippen molar-refractivity contribution in [3.05, 3.63) is 54.1 Å². The van der Waals surface area contributed by atoms with Gasteiger partial charge in [-0.05, 0) is 17.5 Å². The van der Waals surface area contributed by atoms with Crippen LogP contribution >= 0.6 is 0 Å². The molecule has 1 unspecified atom stereocenters. The first kappa shape index (κ1) is 12.9. The van der Waals surface area contributed by atoms with Crippen molar-refractivity contribution in [1.29, 1.82) is 0 Å². The second-order valence-electron chi connectivity index (χ2n) is 5.09. The summed E-state index contributed by atoms with van der Waals surface area (Å²) in [5.74, 6) is -0.275. The molecule has 3 rings (SSSR count). The van der Waals surface area contributed by atoms with E-state index in [1.807, 2.05) is 29.0 Å². The molecule has 2 aromatic rings. The van der Waals surface area contributed by atoms with Crippen molar-refractivity contribution in [2.45, 2.75) is 19.0 Å². The van der Waals surface area contributed by atoms with E-state index in [0.29, 0.717) is 0 Å². The molecule has 1 aromatic heterocycles. The highest BCUT2D eigenvalue weighted by Crippen LogP contribution is 2.29. The minimum Gasteiger partial charge on any atom is -0.368 e. The van der Waals surface area contributed by atoms with Gasteiger partial charge in [-0.3, -0.25) is 9.69 Å². The van der Waals surface area contributed by atoms with Gasteiger partial charge in [-0.2, -0.15) is 0 Å². The van der Waals surface area contributed by atoms with E-state index < -0.39 is 0 Å². The number of carbonyl (C=O) groups is 1. The molecule has 1 aliphatic rings. The number of aromatic nitrogens is 2. The van der Waals surface area contributed by atoms with Crippen molar-refractivity contribution in [1.82, 2.24) is 14.5 Å². The standard InChI is InChI=1S/C15H18N4O/c16-15(20)14-13-4-2-1-3-12(13)5-7-19(14)10-9-18-8-6-17-11-18/h1-4,6,8,11,14H,5,7,9-10H2,(H2,16,20). The number of hydrogen-bond acceptors (Lipinski definition) is 3. The van der Waals surface area contributed by atoms with Gasteiger partial charge in [0.15, 0.2) is 0 Å². The highest BCUT2D eigenvalue weighted by Gasteiger charge is 2.30. The van der Waals surface area contributed by atoms with Gasteiger partial charge in [-0.25, -0.2) is 4.98 Å². The zero-order valence-electron chi connectivity index (χ0n) is 11.3. The predicted molar refractivity (Wildman–Crippen MR) is 75.9 cm³/mol. The molecular weight excluding hydrogens is 252 g/mol. The van der Waals surface area contributed by atoms with Gasteiger partial charge in [0.05, 0.1) is 6.33 Å². The Kier molecular flexibility index (Phi) is 3.52. The van der Waals surface area contributed by atoms with Crippen molar-refractivity contribution >= 4 is 5.91 Å². The largest absolute Gasteiger partial charge is 0.368 e. The van der Waals surface area contributed by atoms with Crippen LogP contribution in [0.25, 0.3) is 0 Å². The Morgan fingerprint density at radius 1 is 1.35 bits per heavy atom. The molecule has 1 amide bonds. The van der Waals surface area contributed by atoms with Gasteiger partial charge < -0.3 is 10.3 Å². The molecule has 104 valence electrons. The molecule has 0 radical (unpaired) electrons. The third-order valence-electron chi connectivity index (χ3n) is 3.86. The third kappa shape index (κ3) is 2.44. The molecule has 0 bridgehead atoms.